The van der Waals surface area contributed by atoms with Crippen LogP contribution in [-0.4, -0.2) is 42.0 Å². The number of carbonyl (C=O) groups excluding carboxylic acids is 4. The molecule has 116 valence electrons. The van der Waals surface area contributed by atoms with E-state index in [2.05, 4.69) is 5.32 Å². The zero-order valence-electron chi connectivity index (χ0n) is 12.2. The summed E-state index contributed by atoms with van der Waals surface area (Å²) in [7, 11) is 0. The molecule has 0 fully saturated rings. The van der Waals surface area contributed by atoms with E-state index in [1.165, 1.54) is 12.2 Å². The number of unbranched alkanes of at least 4 members (excludes halogenated alkanes) is 5. The molecule has 1 rings (SSSR count). The van der Waals surface area contributed by atoms with E-state index >= 15 is 0 Å². The molecule has 6 heteroatoms. The number of imide groups is 1. The summed E-state index contributed by atoms with van der Waals surface area (Å²) in [6.45, 7) is 0.731. The lowest BCUT2D eigenvalue weighted by Gasteiger charge is -2.13. The van der Waals surface area contributed by atoms with Gasteiger partial charge in [-0.1, -0.05) is 19.3 Å². The van der Waals surface area contributed by atoms with Gasteiger partial charge in [0.25, 0.3) is 11.8 Å². The highest BCUT2D eigenvalue weighted by Gasteiger charge is 2.23. The van der Waals surface area contributed by atoms with Crippen LogP contribution in [0, 0.1) is 0 Å². The topological polar surface area (TPSA) is 83.6 Å². The molecular formula is C15H22N2O4. The number of hydrogen-bond donors (Lipinski definition) is 1. The minimum absolute atomic E-state index is 0.127. The molecule has 1 heterocycles. The molecular weight excluding hydrogens is 272 g/mol. The molecule has 0 spiro atoms. The van der Waals surface area contributed by atoms with Crippen LogP contribution in [-0.2, 0) is 19.2 Å². The fourth-order valence-electron chi connectivity index (χ4n) is 2.06. The molecule has 1 N–H and O–H groups in total. The molecule has 1 aliphatic heterocycles. The van der Waals surface area contributed by atoms with Gasteiger partial charge in [0.2, 0.25) is 5.91 Å². The van der Waals surface area contributed by atoms with E-state index in [1.54, 1.807) is 0 Å². The summed E-state index contributed by atoms with van der Waals surface area (Å²) in [6, 6.07) is 0. The van der Waals surface area contributed by atoms with Crippen molar-refractivity contribution in [1.82, 2.24) is 10.2 Å². The summed E-state index contributed by atoms with van der Waals surface area (Å²) in [6.07, 6.45) is 9.08. The second kappa shape index (κ2) is 9.85. The van der Waals surface area contributed by atoms with Crippen molar-refractivity contribution in [3.8, 4) is 0 Å². The molecule has 0 saturated carbocycles. The standard InChI is InChI=1S/C15H22N2O4/c18-12-6-4-2-1-3-5-10-16-13(19)9-11-17-14(20)7-8-15(17)21/h7-8,12H,1-6,9-11H2,(H,16,19). The number of carbonyl (C=O) groups is 4. The van der Waals surface area contributed by atoms with Crippen molar-refractivity contribution in [2.75, 3.05) is 13.1 Å². The SMILES string of the molecule is O=CCCCCCCCNC(=O)CCN1C(=O)C=CC1=O. The average Bonchev–Trinajstić information content (AvgIpc) is 2.78. The van der Waals surface area contributed by atoms with E-state index in [9.17, 15) is 19.2 Å². The third kappa shape index (κ3) is 6.83. The highest BCUT2D eigenvalue weighted by molar-refractivity contribution is 6.13. The van der Waals surface area contributed by atoms with E-state index in [4.69, 9.17) is 0 Å². The Hall–Kier alpha value is -1.98. The van der Waals surface area contributed by atoms with Crippen molar-refractivity contribution < 1.29 is 19.2 Å². The van der Waals surface area contributed by atoms with E-state index in [1.807, 2.05) is 0 Å². The van der Waals surface area contributed by atoms with Crippen molar-refractivity contribution in [2.45, 2.75) is 44.9 Å². The van der Waals surface area contributed by atoms with Crippen molar-refractivity contribution in [1.29, 1.82) is 0 Å². The smallest absolute Gasteiger partial charge is 0.253 e. The van der Waals surface area contributed by atoms with Gasteiger partial charge in [-0.25, -0.2) is 0 Å². The molecule has 0 aromatic rings. The maximum absolute atomic E-state index is 11.6. The van der Waals surface area contributed by atoms with Gasteiger partial charge in [-0.3, -0.25) is 19.3 Å². The second-order valence-corrected chi connectivity index (χ2v) is 4.98. The summed E-state index contributed by atoms with van der Waals surface area (Å²) in [5, 5.41) is 2.77. The molecule has 0 saturated heterocycles. The number of hydrogen-bond acceptors (Lipinski definition) is 4. The Morgan fingerprint density at radius 1 is 1.05 bits per heavy atom. The summed E-state index contributed by atoms with van der Waals surface area (Å²) in [5.41, 5.74) is 0. The maximum Gasteiger partial charge on any atom is 0.253 e. The minimum atomic E-state index is -0.358. The fourth-order valence-corrected chi connectivity index (χ4v) is 2.06. The maximum atomic E-state index is 11.6. The Morgan fingerprint density at radius 3 is 2.33 bits per heavy atom. The van der Waals surface area contributed by atoms with Crippen LogP contribution in [0.25, 0.3) is 0 Å². The number of rotatable bonds is 11. The van der Waals surface area contributed by atoms with E-state index in [-0.39, 0.29) is 30.7 Å². The molecule has 0 atom stereocenters. The average molecular weight is 294 g/mol. The number of nitrogens with zero attached hydrogens (tertiary/aromatic N) is 1. The van der Waals surface area contributed by atoms with Crippen LogP contribution < -0.4 is 5.32 Å². The van der Waals surface area contributed by atoms with Gasteiger partial charge in [0.05, 0.1) is 0 Å². The van der Waals surface area contributed by atoms with E-state index < -0.39 is 0 Å². The lowest BCUT2D eigenvalue weighted by molar-refractivity contribution is -0.137. The predicted molar refractivity (Wildman–Crippen MR) is 77.3 cm³/mol. The number of nitrogens with one attached hydrogen (secondary N) is 1. The molecule has 0 aromatic heterocycles. The summed E-state index contributed by atoms with van der Waals surface area (Å²) in [4.78, 5) is 45.3. The lowest BCUT2D eigenvalue weighted by atomic mass is 10.1. The van der Waals surface area contributed by atoms with Gasteiger partial charge >= 0.3 is 0 Å². The van der Waals surface area contributed by atoms with E-state index in [0.29, 0.717) is 13.0 Å². The quantitative estimate of drug-likeness (QED) is 0.349. The molecule has 0 unspecified atom stereocenters. The molecule has 1 aliphatic rings. The highest BCUT2D eigenvalue weighted by atomic mass is 16.2. The van der Waals surface area contributed by atoms with Crippen molar-refractivity contribution in [3.63, 3.8) is 0 Å². The summed E-state index contributed by atoms with van der Waals surface area (Å²) >= 11 is 0. The van der Waals surface area contributed by atoms with Crippen LogP contribution in [0.4, 0.5) is 0 Å². The van der Waals surface area contributed by atoms with E-state index in [0.717, 1.165) is 43.3 Å². The Balaban J connectivity index is 1.98. The molecule has 0 aliphatic carbocycles. The zero-order valence-corrected chi connectivity index (χ0v) is 12.2. The first kappa shape index (κ1) is 17.1. The van der Waals surface area contributed by atoms with Crippen LogP contribution in [0.15, 0.2) is 12.2 Å². The van der Waals surface area contributed by atoms with Crippen molar-refractivity contribution in [3.05, 3.63) is 12.2 Å². The molecule has 3 amide bonds. The Bertz CT molecular complexity index is 400. The second-order valence-electron chi connectivity index (χ2n) is 4.98. The molecule has 0 radical (unpaired) electrons. The third-order valence-electron chi connectivity index (χ3n) is 3.28. The van der Waals surface area contributed by atoms with Gasteiger partial charge in [-0.05, 0) is 12.8 Å². The Labute approximate surface area is 124 Å². The molecule has 0 aromatic carbocycles. The van der Waals surface area contributed by atoms with Gasteiger partial charge in [0, 0.05) is 38.1 Å². The van der Waals surface area contributed by atoms with Crippen LogP contribution in [0.1, 0.15) is 44.9 Å². The summed E-state index contributed by atoms with van der Waals surface area (Å²) in [5.74, 6) is -0.866. The van der Waals surface area contributed by atoms with Gasteiger partial charge < -0.3 is 10.1 Å². The van der Waals surface area contributed by atoms with Crippen LogP contribution in [0.5, 0.6) is 0 Å². The van der Waals surface area contributed by atoms with Crippen molar-refractivity contribution >= 4 is 24.0 Å². The van der Waals surface area contributed by atoms with Gasteiger partial charge in [0.15, 0.2) is 0 Å². The fraction of sp³-hybridized carbons (Fsp3) is 0.600. The van der Waals surface area contributed by atoms with Crippen LogP contribution in [0.2, 0.25) is 0 Å². The highest BCUT2D eigenvalue weighted by Crippen LogP contribution is 2.05. The Morgan fingerprint density at radius 2 is 1.67 bits per heavy atom. The number of amides is 3. The first-order valence-corrected chi connectivity index (χ1v) is 7.39. The largest absolute Gasteiger partial charge is 0.356 e. The van der Waals surface area contributed by atoms with Crippen LogP contribution >= 0.6 is 0 Å². The minimum Gasteiger partial charge on any atom is -0.356 e. The first-order chi connectivity index (χ1) is 10.1. The third-order valence-corrected chi connectivity index (χ3v) is 3.28. The molecule has 0 bridgehead atoms. The van der Waals surface area contributed by atoms with Crippen LogP contribution in [0.3, 0.4) is 0 Å². The van der Waals surface area contributed by atoms with Crippen molar-refractivity contribution in [2.24, 2.45) is 0 Å². The van der Waals surface area contributed by atoms with Gasteiger partial charge in [-0.2, -0.15) is 0 Å². The number of aldehydes is 1. The first-order valence-electron chi connectivity index (χ1n) is 7.39. The Kier molecular flexibility index (Phi) is 8.01. The lowest BCUT2D eigenvalue weighted by Crippen LogP contribution is -2.34. The normalized spacial score (nSPS) is 13.8. The zero-order chi connectivity index (χ0) is 15.5. The monoisotopic (exact) mass is 294 g/mol. The predicted octanol–water partition coefficient (Wildman–Crippen LogP) is 0.957. The van der Waals surface area contributed by atoms with Gasteiger partial charge in [-0.15, -0.1) is 0 Å². The molecule has 6 nitrogen and oxygen atoms in total. The summed E-state index contributed by atoms with van der Waals surface area (Å²) < 4.78 is 0. The van der Waals surface area contributed by atoms with Gasteiger partial charge in [0.1, 0.15) is 6.29 Å². The molecule has 21 heavy (non-hydrogen) atoms.